The summed E-state index contributed by atoms with van der Waals surface area (Å²) in [7, 11) is 1.67. The Labute approximate surface area is 203 Å². The van der Waals surface area contributed by atoms with Crippen molar-refractivity contribution in [1.82, 2.24) is 14.8 Å². The second-order valence-electron chi connectivity index (χ2n) is 8.51. The van der Waals surface area contributed by atoms with Gasteiger partial charge in [0, 0.05) is 57.1 Å². The molecule has 0 spiro atoms. The van der Waals surface area contributed by atoms with Crippen LogP contribution in [0.25, 0.3) is 0 Å². The van der Waals surface area contributed by atoms with E-state index in [1.165, 1.54) is 28.0 Å². The molecule has 1 aliphatic heterocycles. The van der Waals surface area contributed by atoms with E-state index < -0.39 is 11.9 Å². The number of carbonyl (C=O) groups is 2. The van der Waals surface area contributed by atoms with Gasteiger partial charge in [-0.15, -0.1) is 0 Å². The van der Waals surface area contributed by atoms with Gasteiger partial charge in [-0.05, 0) is 42.8 Å². The molecular formula is C26H27FN4O4. The summed E-state index contributed by atoms with van der Waals surface area (Å²) in [6.07, 6.45) is -0.880. The van der Waals surface area contributed by atoms with Crippen molar-refractivity contribution in [3.05, 3.63) is 83.8 Å². The van der Waals surface area contributed by atoms with Crippen LogP contribution < -0.4 is 9.64 Å². The maximum absolute atomic E-state index is 13.4. The van der Waals surface area contributed by atoms with Gasteiger partial charge in [-0.1, -0.05) is 24.3 Å². The average molecular weight is 479 g/mol. The molecule has 1 aromatic heterocycles. The number of halogens is 1. The van der Waals surface area contributed by atoms with E-state index in [2.05, 4.69) is 9.88 Å². The summed E-state index contributed by atoms with van der Waals surface area (Å²) >= 11 is 0. The summed E-state index contributed by atoms with van der Waals surface area (Å²) in [6, 6.07) is 18.2. The van der Waals surface area contributed by atoms with Crippen LogP contribution in [0, 0.1) is 5.82 Å². The summed E-state index contributed by atoms with van der Waals surface area (Å²) < 4.78 is 19.0. The number of rotatable bonds is 6. The van der Waals surface area contributed by atoms with E-state index in [9.17, 15) is 19.1 Å². The van der Waals surface area contributed by atoms with Gasteiger partial charge in [-0.3, -0.25) is 9.69 Å². The summed E-state index contributed by atoms with van der Waals surface area (Å²) in [5.41, 5.74) is 1.99. The quantitative estimate of drug-likeness (QED) is 0.563. The van der Waals surface area contributed by atoms with Gasteiger partial charge in [0.05, 0.1) is 0 Å². The molecule has 1 N–H and O–H groups in total. The summed E-state index contributed by atoms with van der Waals surface area (Å²) in [5.74, 6) is -0.233. The Morgan fingerprint density at radius 3 is 2.54 bits per heavy atom. The molecule has 0 aliphatic carbocycles. The fraction of sp³-hybridized carbons (Fsp3) is 0.269. The summed E-state index contributed by atoms with van der Waals surface area (Å²) in [6.45, 7) is 4.45. The van der Waals surface area contributed by atoms with Crippen LogP contribution in [0.1, 0.15) is 23.0 Å². The molecule has 182 valence electrons. The summed E-state index contributed by atoms with van der Waals surface area (Å²) in [5, 5.41) is 9.24. The molecule has 3 aromatic rings. The third-order valence-electron chi connectivity index (χ3n) is 5.95. The monoisotopic (exact) mass is 478 g/mol. The van der Waals surface area contributed by atoms with E-state index in [0.717, 1.165) is 5.56 Å². The first-order valence-electron chi connectivity index (χ1n) is 11.3. The number of carboxylic acid groups (broad SMARTS) is 1. The Balaban J connectivity index is 1.38. The van der Waals surface area contributed by atoms with Gasteiger partial charge in [-0.25, -0.2) is 14.2 Å². The highest BCUT2D eigenvalue weighted by atomic mass is 19.1. The number of ether oxygens (including phenoxy) is 1. The van der Waals surface area contributed by atoms with Crippen LogP contribution in [-0.2, 0) is 6.54 Å². The molecule has 9 heteroatoms. The highest BCUT2D eigenvalue weighted by Crippen LogP contribution is 2.22. The third kappa shape index (κ3) is 5.93. The minimum atomic E-state index is -0.880. The number of piperazine rings is 1. The van der Waals surface area contributed by atoms with Crippen molar-refractivity contribution in [2.45, 2.75) is 19.5 Å². The largest absolute Gasteiger partial charge is 0.465 e. The zero-order valence-corrected chi connectivity index (χ0v) is 19.6. The molecule has 1 atom stereocenters. The zero-order chi connectivity index (χ0) is 24.9. The number of hydrogen-bond donors (Lipinski definition) is 1. The van der Waals surface area contributed by atoms with E-state index in [1.54, 1.807) is 31.3 Å². The minimum Gasteiger partial charge on any atom is -0.465 e. The number of nitrogens with zero attached hydrogens (tertiary/aromatic N) is 4. The topological polar surface area (TPSA) is 86.2 Å². The van der Waals surface area contributed by atoms with Crippen molar-refractivity contribution in [2.75, 3.05) is 31.6 Å². The Morgan fingerprint density at radius 1 is 1.11 bits per heavy atom. The van der Waals surface area contributed by atoms with Crippen molar-refractivity contribution in [1.29, 1.82) is 0 Å². The van der Waals surface area contributed by atoms with Gasteiger partial charge in [-0.2, -0.15) is 0 Å². The van der Waals surface area contributed by atoms with E-state index in [1.807, 2.05) is 31.2 Å². The first-order valence-corrected chi connectivity index (χ1v) is 11.3. The van der Waals surface area contributed by atoms with Crippen LogP contribution in [-0.4, -0.2) is 64.6 Å². The van der Waals surface area contributed by atoms with Crippen molar-refractivity contribution >= 4 is 17.7 Å². The average Bonchev–Trinajstić information content (AvgIpc) is 2.84. The van der Waals surface area contributed by atoms with Gasteiger partial charge in [0.1, 0.15) is 17.3 Å². The van der Waals surface area contributed by atoms with Gasteiger partial charge in [0.2, 0.25) is 5.88 Å². The highest BCUT2D eigenvalue weighted by molar-refractivity contribution is 6.04. The number of hydrogen-bond acceptors (Lipinski definition) is 5. The number of benzene rings is 2. The van der Waals surface area contributed by atoms with Crippen LogP contribution in [0.5, 0.6) is 11.6 Å². The SMILES string of the molecule is C[C@H]1CN(Cc2ccc(N(C)C(=O)c3cccc(Oc4cccc(F)c4)n3)cc2)CCN1C(=O)O. The molecule has 1 aliphatic rings. The van der Waals surface area contributed by atoms with Gasteiger partial charge >= 0.3 is 6.09 Å². The first-order chi connectivity index (χ1) is 16.8. The second kappa shape index (κ2) is 10.5. The Kier molecular flexibility index (Phi) is 7.26. The zero-order valence-electron chi connectivity index (χ0n) is 19.6. The Morgan fingerprint density at radius 2 is 1.86 bits per heavy atom. The molecule has 0 radical (unpaired) electrons. The Hall–Kier alpha value is -3.98. The number of amides is 2. The van der Waals surface area contributed by atoms with Gasteiger partial charge < -0.3 is 19.6 Å². The lowest BCUT2D eigenvalue weighted by atomic mass is 10.1. The number of aromatic nitrogens is 1. The highest BCUT2D eigenvalue weighted by Gasteiger charge is 2.27. The molecule has 2 aromatic carbocycles. The maximum atomic E-state index is 13.4. The molecule has 2 heterocycles. The van der Waals surface area contributed by atoms with Crippen molar-refractivity contribution in [3.8, 4) is 11.6 Å². The third-order valence-corrected chi connectivity index (χ3v) is 5.95. The maximum Gasteiger partial charge on any atom is 0.407 e. The standard InChI is InChI=1S/C26H27FN4O4/c1-18-16-30(13-14-31(18)26(33)34)17-19-9-11-21(12-10-19)29(2)25(32)23-7-4-8-24(28-23)35-22-6-3-5-20(27)15-22/h3-12,15,18H,13-14,16-17H2,1-2H3,(H,33,34)/t18-/m0/s1. The Bertz CT molecular complexity index is 1200. The van der Waals surface area contributed by atoms with Crippen molar-refractivity contribution in [3.63, 3.8) is 0 Å². The lowest BCUT2D eigenvalue weighted by Gasteiger charge is -2.38. The van der Waals surface area contributed by atoms with Crippen LogP contribution >= 0.6 is 0 Å². The van der Waals surface area contributed by atoms with Crippen LogP contribution in [0.4, 0.5) is 14.9 Å². The molecular weight excluding hydrogens is 451 g/mol. The van der Waals surface area contributed by atoms with Crippen molar-refractivity contribution < 1.29 is 23.8 Å². The van der Waals surface area contributed by atoms with Crippen LogP contribution in [0.2, 0.25) is 0 Å². The second-order valence-corrected chi connectivity index (χ2v) is 8.51. The molecule has 1 saturated heterocycles. The molecule has 2 amide bonds. The molecule has 4 rings (SSSR count). The first kappa shape index (κ1) is 24.2. The van der Waals surface area contributed by atoms with E-state index in [-0.39, 0.29) is 23.5 Å². The predicted octanol–water partition coefficient (Wildman–Crippen LogP) is 4.47. The van der Waals surface area contributed by atoms with E-state index in [4.69, 9.17) is 4.74 Å². The lowest BCUT2D eigenvalue weighted by molar-refractivity contribution is 0.0711. The predicted molar refractivity (Wildman–Crippen MR) is 129 cm³/mol. The van der Waals surface area contributed by atoms with Gasteiger partial charge in [0.25, 0.3) is 5.91 Å². The molecule has 1 fully saturated rings. The number of carbonyl (C=O) groups excluding carboxylic acids is 1. The normalized spacial score (nSPS) is 16.1. The molecule has 35 heavy (non-hydrogen) atoms. The van der Waals surface area contributed by atoms with E-state index in [0.29, 0.717) is 37.6 Å². The van der Waals surface area contributed by atoms with E-state index >= 15 is 0 Å². The fourth-order valence-corrected chi connectivity index (χ4v) is 4.08. The lowest BCUT2D eigenvalue weighted by Crippen LogP contribution is -2.53. The van der Waals surface area contributed by atoms with Gasteiger partial charge in [0.15, 0.2) is 0 Å². The van der Waals surface area contributed by atoms with Crippen molar-refractivity contribution in [2.24, 2.45) is 0 Å². The molecule has 8 nitrogen and oxygen atoms in total. The molecule has 0 unspecified atom stereocenters. The smallest absolute Gasteiger partial charge is 0.407 e. The minimum absolute atomic E-state index is 0.0579. The fourth-order valence-electron chi connectivity index (χ4n) is 4.08. The number of anilines is 1. The molecule has 0 saturated carbocycles. The van der Waals surface area contributed by atoms with Crippen LogP contribution in [0.15, 0.2) is 66.7 Å². The van der Waals surface area contributed by atoms with Crippen LogP contribution in [0.3, 0.4) is 0 Å². The summed E-state index contributed by atoms with van der Waals surface area (Å²) in [4.78, 5) is 33.7. The number of pyridine rings is 1. The molecule has 0 bridgehead atoms.